The molecule has 0 aliphatic carbocycles. The van der Waals surface area contributed by atoms with Gasteiger partial charge >= 0.3 is 24.3 Å². The van der Waals surface area contributed by atoms with E-state index in [4.69, 9.17) is 24.5 Å². The van der Waals surface area contributed by atoms with Crippen LogP contribution >= 0.6 is 11.3 Å². The number of nitrogens with zero attached hydrogens (tertiary/aromatic N) is 2. The number of hydrogen-bond donors (Lipinski definition) is 3. The van der Waals surface area contributed by atoms with E-state index in [0.29, 0.717) is 18.9 Å². The van der Waals surface area contributed by atoms with E-state index in [1.54, 1.807) is 17.5 Å². The molecule has 4 heterocycles. The zero-order valence-corrected chi connectivity index (χ0v) is 20.9. The summed E-state index contributed by atoms with van der Waals surface area (Å²) in [7, 11) is 0. The summed E-state index contributed by atoms with van der Waals surface area (Å²) in [5.41, 5.74) is 1.24. The van der Waals surface area contributed by atoms with Gasteiger partial charge in [-0.05, 0) is 29.5 Å². The number of pyridine rings is 1. The van der Waals surface area contributed by atoms with Gasteiger partial charge in [-0.15, -0.1) is 11.3 Å². The van der Waals surface area contributed by atoms with Crippen LogP contribution in [0.4, 0.5) is 26.3 Å². The van der Waals surface area contributed by atoms with E-state index in [2.05, 4.69) is 21.3 Å². The Morgan fingerprint density at radius 3 is 2.18 bits per heavy atom. The lowest BCUT2D eigenvalue weighted by Crippen LogP contribution is -2.29. The zero-order chi connectivity index (χ0) is 29.2. The van der Waals surface area contributed by atoms with Gasteiger partial charge in [-0.3, -0.25) is 14.7 Å². The van der Waals surface area contributed by atoms with E-state index in [-0.39, 0.29) is 18.1 Å². The normalized spacial score (nSPS) is 20.6. The van der Waals surface area contributed by atoms with Crippen molar-refractivity contribution in [1.29, 1.82) is 0 Å². The molecule has 2 aliphatic heterocycles. The molecule has 0 saturated carbocycles. The number of rotatable bonds is 6. The molecule has 0 aromatic carbocycles. The predicted octanol–water partition coefficient (Wildman–Crippen LogP) is 3.71. The number of aliphatic carboxylic acids is 2. The van der Waals surface area contributed by atoms with Crippen LogP contribution in [-0.4, -0.2) is 75.6 Å². The number of ether oxygens (including phenoxy) is 1. The lowest BCUT2D eigenvalue weighted by molar-refractivity contribution is -0.193. The van der Waals surface area contributed by atoms with Gasteiger partial charge in [0.05, 0.1) is 25.2 Å². The Labute approximate surface area is 222 Å². The largest absolute Gasteiger partial charge is 0.490 e. The second kappa shape index (κ2) is 14.2. The molecule has 2 aromatic heterocycles. The van der Waals surface area contributed by atoms with Crippen molar-refractivity contribution in [2.75, 3.05) is 13.1 Å². The molecule has 0 unspecified atom stereocenters. The fraction of sp³-hybridized carbons (Fsp3) is 0.478. The van der Waals surface area contributed by atoms with Crippen LogP contribution in [0.25, 0.3) is 0 Å². The molecule has 1 amide bonds. The maximum atomic E-state index is 12.1. The highest BCUT2D eigenvalue weighted by Crippen LogP contribution is 2.34. The van der Waals surface area contributed by atoms with Crippen LogP contribution in [-0.2, 0) is 32.2 Å². The first-order chi connectivity index (χ1) is 18.1. The number of amides is 1. The highest BCUT2D eigenvalue weighted by molar-refractivity contribution is 7.09. The number of carboxylic acids is 2. The number of carboxylic acid groups (broad SMARTS) is 2. The minimum absolute atomic E-state index is 0.0684. The van der Waals surface area contributed by atoms with Gasteiger partial charge in [-0.25, -0.2) is 9.59 Å². The molecular formula is C23H25F6N3O6S. The molecule has 2 saturated heterocycles. The van der Waals surface area contributed by atoms with Crippen molar-refractivity contribution in [3.05, 3.63) is 52.5 Å². The predicted molar refractivity (Wildman–Crippen MR) is 124 cm³/mol. The molecule has 39 heavy (non-hydrogen) atoms. The molecule has 0 spiro atoms. The average Bonchev–Trinajstić information content (AvgIpc) is 3.55. The summed E-state index contributed by atoms with van der Waals surface area (Å²) in [5.74, 6) is -4.88. The summed E-state index contributed by atoms with van der Waals surface area (Å²) in [6.07, 6.45) is -4.64. The summed E-state index contributed by atoms with van der Waals surface area (Å²) in [6.45, 7) is 3.55. The van der Waals surface area contributed by atoms with Crippen LogP contribution in [0.5, 0.6) is 0 Å². The molecule has 9 nitrogen and oxygen atoms in total. The number of hydrogen-bond acceptors (Lipinski definition) is 7. The minimum atomic E-state index is -5.08. The molecule has 3 N–H and O–H groups in total. The molecule has 16 heteroatoms. The standard InChI is InChI=1S/C19H23N3O2S.2C2HF3O2/c23-19(21-10-17-4-2-6-25-17)8-16-7-15-12-22(13-18(15)24-16)11-14-3-1-5-20-9-14;2*3-2(4,5)1(6)7/h1-6,9,15-16,18H,7-8,10-13H2,(H,21,23);2*(H,6,7)/t15-,16-,18+;;/m0../s1. The Kier molecular flexibility index (Phi) is 11.7. The maximum absolute atomic E-state index is 12.1. The van der Waals surface area contributed by atoms with E-state index in [0.717, 1.165) is 26.1 Å². The quantitative estimate of drug-likeness (QED) is 0.438. The van der Waals surface area contributed by atoms with Gasteiger partial charge in [0.1, 0.15) is 0 Å². The van der Waals surface area contributed by atoms with E-state index in [9.17, 15) is 31.1 Å². The maximum Gasteiger partial charge on any atom is 0.490 e. The van der Waals surface area contributed by atoms with Crippen LogP contribution in [0.2, 0.25) is 0 Å². The number of carbonyl (C=O) groups is 3. The average molecular weight is 586 g/mol. The monoisotopic (exact) mass is 585 g/mol. The number of nitrogens with one attached hydrogen (secondary N) is 1. The van der Waals surface area contributed by atoms with E-state index in [1.165, 1.54) is 10.4 Å². The summed E-state index contributed by atoms with van der Waals surface area (Å²) >= 11 is 1.67. The van der Waals surface area contributed by atoms with Gasteiger partial charge in [0.15, 0.2) is 0 Å². The summed E-state index contributed by atoms with van der Waals surface area (Å²) in [6, 6.07) is 8.14. The SMILES string of the molecule is O=C(C[C@@H]1C[C@H]2CN(Cc3cccnc3)C[C@H]2O1)NCc1cccs1.O=C(O)C(F)(F)F.O=C(O)C(F)(F)F. The van der Waals surface area contributed by atoms with Crippen molar-refractivity contribution in [2.24, 2.45) is 5.92 Å². The smallest absolute Gasteiger partial charge is 0.475 e. The first-order valence-corrected chi connectivity index (χ1v) is 12.2. The van der Waals surface area contributed by atoms with Gasteiger partial charge in [0.2, 0.25) is 5.91 Å². The summed E-state index contributed by atoms with van der Waals surface area (Å²) in [4.78, 5) is 37.7. The zero-order valence-electron chi connectivity index (χ0n) is 20.1. The van der Waals surface area contributed by atoms with Gasteiger partial charge in [0.25, 0.3) is 0 Å². The second-order valence-electron chi connectivity index (χ2n) is 8.51. The van der Waals surface area contributed by atoms with Crippen molar-refractivity contribution >= 4 is 29.2 Å². The van der Waals surface area contributed by atoms with Crippen LogP contribution in [0, 0.1) is 5.92 Å². The van der Waals surface area contributed by atoms with E-state index < -0.39 is 24.3 Å². The Bertz CT molecular complexity index is 1030. The van der Waals surface area contributed by atoms with Crippen molar-refractivity contribution in [2.45, 2.75) is 50.5 Å². The molecule has 2 aromatic rings. The summed E-state index contributed by atoms with van der Waals surface area (Å²) < 4.78 is 69.6. The number of halogens is 6. The third-order valence-electron chi connectivity index (χ3n) is 5.46. The second-order valence-corrected chi connectivity index (χ2v) is 9.55. The molecule has 216 valence electrons. The van der Waals surface area contributed by atoms with Crippen molar-refractivity contribution in [1.82, 2.24) is 15.2 Å². The van der Waals surface area contributed by atoms with E-state index >= 15 is 0 Å². The molecule has 3 atom stereocenters. The number of fused-ring (bicyclic) bond motifs is 1. The van der Waals surface area contributed by atoms with Crippen LogP contribution in [0.15, 0.2) is 42.0 Å². The lowest BCUT2D eigenvalue weighted by atomic mass is 10.0. The minimum Gasteiger partial charge on any atom is -0.475 e. The number of carbonyl (C=O) groups excluding carboxylic acids is 1. The Balaban J connectivity index is 0.000000317. The topological polar surface area (TPSA) is 129 Å². The van der Waals surface area contributed by atoms with Crippen LogP contribution in [0.3, 0.4) is 0 Å². The highest BCUT2D eigenvalue weighted by Gasteiger charge is 2.42. The number of likely N-dealkylation sites (tertiary alicyclic amines) is 1. The van der Waals surface area contributed by atoms with Gasteiger partial charge < -0.3 is 20.3 Å². The molecule has 2 fully saturated rings. The first-order valence-electron chi connectivity index (χ1n) is 11.3. The van der Waals surface area contributed by atoms with Crippen molar-refractivity contribution in [3.8, 4) is 0 Å². The number of aromatic nitrogens is 1. The van der Waals surface area contributed by atoms with Gasteiger partial charge in [0, 0.05) is 42.8 Å². The van der Waals surface area contributed by atoms with E-state index in [1.807, 2.05) is 29.8 Å². The van der Waals surface area contributed by atoms with Crippen LogP contribution < -0.4 is 5.32 Å². The molecule has 4 rings (SSSR count). The number of thiophene rings is 1. The van der Waals surface area contributed by atoms with Crippen molar-refractivity contribution in [3.63, 3.8) is 0 Å². The fourth-order valence-corrected chi connectivity index (χ4v) is 4.48. The third-order valence-corrected chi connectivity index (χ3v) is 6.33. The van der Waals surface area contributed by atoms with Crippen LogP contribution in [0.1, 0.15) is 23.3 Å². The lowest BCUT2D eigenvalue weighted by Gasteiger charge is -2.19. The molecule has 0 bridgehead atoms. The third kappa shape index (κ3) is 11.6. The summed E-state index contributed by atoms with van der Waals surface area (Å²) in [5, 5.41) is 19.3. The fourth-order valence-electron chi connectivity index (χ4n) is 3.84. The van der Waals surface area contributed by atoms with Gasteiger partial charge in [-0.1, -0.05) is 12.1 Å². The van der Waals surface area contributed by atoms with Gasteiger partial charge in [-0.2, -0.15) is 26.3 Å². The van der Waals surface area contributed by atoms with Crippen molar-refractivity contribution < 1.29 is 55.7 Å². The number of alkyl halides is 6. The molecule has 2 aliphatic rings. The highest BCUT2D eigenvalue weighted by atomic mass is 32.1. The Morgan fingerprint density at radius 2 is 1.69 bits per heavy atom. The Morgan fingerprint density at radius 1 is 1.05 bits per heavy atom. The molecular weight excluding hydrogens is 560 g/mol. The Hall–Kier alpha value is -3.24. The molecule has 0 radical (unpaired) electrons. The first kappa shape index (κ1) is 32.0.